The van der Waals surface area contributed by atoms with Crippen LogP contribution in [0.25, 0.3) is 11.3 Å². The van der Waals surface area contributed by atoms with Crippen LogP contribution in [0.2, 0.25) is 0 Å². The van der Waals surface area contributed by atoms with Crippen LogP contribution in [0.4, 0.5) is 0 Å². The Morgan fingerprint density at radius 2 is 2.00 bits per heavy atom. The molecule has 2 rings (SSSR count). The van der Waals surface area contributed by atoms with Gasteiger partial charge in [0.1, 0.15) is 17.7 Å². The Morgan fingerprint density at radius 1 is 1.24 bits per heavy atom. The van der Waals surface area contributed by atoms with E-state index in [9.17, 15) is 4.79 Å². The van der Waals surface area contributed by atoms with Crippen LogP contribution in [0.5, 0.6) is 0 Å². The first-order valence-electron chi connectivity index (χ1n) is 4.82. The molecule has 0 bridgehead atoms. The summed E-state index contributed by atoms with van der Waals surface area (Å²) in [5.74, 6) is -0.255. The molecular weight excluding hydrogens is 222 g/mol. The molecule has 0 spiro atoms. The van der Waals surface area contributed by atoms with Gasteiger partial charge in [0.25, 0.3) is 0 Å². The van der Waals surface area contributed by atoms with Gasteiger partial charge in [-0.15, -0.1) is 0 Å². The van der Waals surface area contributed by atoms with E-state index in [-0.39, 0.29) is 5.56 Å². The van der Waals surface area contributed by atoms with Gasteiger partial charge in [-0.2, -0.15) is 0 Å². The van der Waals surface area contributed by atoms with Crippen molar-refractivity contribution in [3.8, 4) is 11.3 Å². The molecule has 0 amide bonds. The van der Waals surface area contributed by atoms with E-state index in [0.717, 1.165) is 6.21 Å². The first-order chi connectivity index (χ1) is 8.22. The van der Waals surface area contributed by atoms with Gasteiger partial charge in [0.05, 0.1) is 5.56 Å². The fraction of sp³-hybridized carbons (Fsp3) is 0. The van der Waals surface area contributed by atoms with Gasteiger partial charge >= 0.3 is 5.97 Å². The van der Waals surface area contributed by atoms with Crippen molar-refractivity contribution in [2.24, 2.45) is 5.16 Å². The van der Waals surface area contributed by atoms with Gasteiger partial charge in [0.2, 0.25) is 0 Å². The minimum Gasteiger partial charge on any atom is -0.478 e. The predicted octanol–water partition coefficient (Wildman–Crippen LogP) is 2.45. The van der Waals surface area contributed by atoms with Crippen molar-refractivity contribution in [1.82, 2.24) is 0 Å². The molecule has 2 N–H and O–H groups in total. The van der Waals surface area contributed by atoms with E-state index in [4.69, 9.17) is 14.7 Å². The smallest absolute Gasteiger partial charge is 0.336 e. The molecule has 0 aliphatic heterocycles. The molecule has 0 saturated heterocycles. The van der Waals surface area contributed by atoms with Crippen molar-refractivity contribution < 1.29 is 19.5 Å². The number of furan rings is 1. The van der Waals surface area contributed by atoms with E-state index in [0.29, 0.717) is 17.1 Å². The van der Waals surface area contributed by atoms with Crippen molar-refractivity contribution in [3.63, 3.8) is 0 Å². The van der Waals surface area contributed by atoms with E-state index < -0.39 is 5.97 Å². The highest BCUT2D eigenvalue weighted by molar-refractivity contribution is 5.95. The summed E-state index contributed by atoms with van der Waals surface area (Å²) in [6.45, 7) is 0. The molecule has 1 heterocycles. The molecule has 1 aromatic carbocycles. The second-order valence-corrected chi connectivity index (χ2v) is 3.30. The largest absolute Gasteiger partial charge is 0.478 e. The summed E-state index contributed by atoms with van der Waals surface area (Å²) in [5, 5.41) is 20.2. The lowest BCUT2D eigenvalue weighted by Gasteiger charge is -2.01. The average molecular weight is 231 g/mol. The topological polar surface area (TPSA) is 83.0 Å². The van der Waals surface area contributed by atoms with E-state index in [2.05, 4.69) is 5.16 Å². The molecule has 0 aliphatic rings. The van der Waals surface area contributed by atoms with Gasteiger partial charge in [-0.1, -0.05) is 23.4 Å². The minimum absolute atomic E-state index is 0.161. The lowest BCUT2D eigenvalue weighted by molar-refractivity contribution is 0.0697. The standard InChI is InChI=1S/C12H9NO4/c14-12(15)10-4-2-1-3-9(10)11-6-5-8(17-11)7-13-16/h1-7,16H,(H,14,15)/b13-7-. The molecule has 0 aliphatic carbocycles. The number of rotatable bonds is 3. The van der Waals surface area contributed by atoms with Crippen molar-refractivity contribution in [2.45, 2.75) is 0 Å². The SMILES string of the molecule is O=C(O)c1ccccc1-c1ccc(/C=N\O)o1. The third-order valence-corrected chi connectivity index (χ3v) is 2.23. The van der Waals surface area contributed by atoms with Crippen LogP contribution in [0.1, 0.15) is 16.1 Å². The molecule has 1 aromatic heterocycles. The summed E-state index contributed by atoms with van der Waals surface area (Å²) in [6, 6.07) is 9.74. The Labute approximate surface area is 96.6 Å². The van der Waals surface area contributed by atoms with Gasteiger partial charge in [-0.3, -0.25) is 0 Å². The molecule has 17 heavy (non-hydrogen) atoms. The normalized spacial score (nSPS) is 10.8. The first kappa shape index (κ1) is 10.9. The van der Waals surface area contributed by atoms with E-state index >= 15 is 0 Å². The Hall–Kier alpha value is -2.56. The summed E-state index contributed by atoms with van der Waals surface area (Å²) in [5.41, 5.74) is 0.645. The van der Waals surface area contributed by atoms with Crippen LogP contribution in [-0.4, -0.2) is 22.5 Å². The van der Waals surface area contributed by atoms with E-state index in [1.165, 1.54) is 6.07 Å². The van der Waals surface area contributed by atoms with Gasteiger partial charge < -0.3 is 14.7 Å². The fourth-order valence-electron chi connectivity index (χ4n) is 1.51. The summed E-state index contributed by atoms with van der Waals surface area (Å²) in [6.07, 6.45) is 1.13. The highest BCUT2D eigenvalue weighted by Gasteiger charge is 2.13. The molecule has 0 unspecified atom stereocenters. The molecular formula is C12H9NO4. The Kier molecular flexibility index (Phi) is 2.91. The average Bonchev–Trinajstić information content (AvgIpc) is 2.78. The van der Waals surface area contributed by atoms with Gasteiger partial charge in [-0.25, -0.2) is 4.79 Å². The lowest BCUT2D eigenvalue weighted by Crippen LogP contribution is -1.98. The summed E-state index contributed by atoms with van der Waals surface area (Å²) in [7, 11) is 0. The Bertz CT molecular complexity index is 571. The number of carboxylic acids is 1. The second-order valence-electron chi connectivity index (χ2n) is 3.30. The summed E-state index contributed by atoms with van der Waals surface area (Å²) in [4.78, 5) is 11.0. The number of hydrogen-bond acceptors (Lipinski definition) is 4. The lowest BCUT2D eigenvalue weighted by atomic mass is 10.1. The second kappa shape index (κ2) is 4.52. The van der Waals surface area contributed by atoms with Crippen molar-refractivity contribution >= 4 is 12.2 Å². The van der Waals surface area contributed by atoms with Crippen molar-refractivity contribution in [2.75, 3.05) is 0 Å². The highest BCUT2D eigenvalue weighted by Crippen LogP contribution is 2.25. The molecule has 0 atom stereocenters. The van der Waals surface area contributed by atoms with Crippen molar-refractivity contribution in [1.29, 1.82) is 0 Å². The third kappa shape index (κ3) is 2.17. The van der Waals surface area contributed by atoms with E-state index in [1.54, 1.807) is 30.3 Å². The number of aromatic carboxylic acids is 1. The maximum absolute atomic E-state index is 11.0. The zero-order valence-corrected chi connectivity index (χ0v) is 8.70. The van der Waals surface area contributed by atoms with Crippen LogP contribution in [0.3, 0.4) is 0 Å². The van der Waals surface area contributed by atoms with Crippen LogP contribution < -0.4 is 0 Å². The van der Waals surface area contributed by atoms with Gasteiger partial charge in [0, 0.05) is 5.56 Å². The van der Waals surface area contributed by atoms with Gasteiger partial charge in [-0.05, 0) is 18.2 Å². The predicted molar refractivity (Wildman–Crippen MR) is 60.5 cm³/mol. The van der Waals surface area contributed by atoms with Gasteiger partial charge in [0.15, 0.2) is 0 Å². The minimum atomic E-state index is -1.02. The van der Waals surface area contributed by atoms with Crippen LogP contribution in [-0.2, 0) is 0 Å². The van der Waals surface area contributed by atoms with E-state index in [1.807, 2.05) is 0 Å². The Balaban J connectivity index is 2.48. The molecule has 86 valence electrons. The number of carbonyl (C=O) groups is 1. The summed E-state index contributed by atoms with van der Waals surface area (Å²) >= 11 is 0. The molecule has 0 saturated carbocycles. The number of oxime groups is 1. The third-order valence-electron chi connectivity index (χ3n) is 2.23. The maximum Gasteiger partial charge on any atom is 0.336 e. The zero-order chi connectivity index (χ0) is 12.3. The number of nitrogens with zero attached hydrogens (tertiary/aromatic N) is 1. The summed E-state index contributed by atoms with van der Waals surface area (Å²) < 4.78 is 5.33. The molecule has 5 nitrogen and oxygen atoms in total. The number of carboxylic acid groups (broad SMARTS) is 1. The van der Waals surface area contributed by atoms with Crippen LogP contribution >= 0.6 is 0 Å². The number of hydrogen-bond donors (Lipinski definition) is 2. The highest BCUT2D eigenvalue weighted by atomic mass is 16.4. The quantitative estimate of drug-likeness (QED) is 0.482. The molecule has 0 fully saturated rings. The molecule has 5 heteroatoms. The number of benzene rings is 1. The fourth-order valence-corrected chi connectivity index (χ4v) is 1.51. The van der Waals surface area contributed by atoms with Crippen molar-refractivity contribution in [3.05, 3.63) is 47.7 Å². The Morgan fingerprint density at radius 3 is 2.71 bits per heavy atom. The zero-order valence-electron chi connectivity index (χ0n) is 8.70. The van der Waals surface area contributed by atoms with Crippen LogP contribution in [0.15, 0.2) is 46.0 Å². The first-order valence-corrected chi connectivity index (χ1v) is 4.82. The molecule has 2 aromatic rings. The molecule has 0 radical (unpaired) electrons. The van der Waals surface area contributed by atoms with Crippen LogP contribution in [0, 0.1) is 0 Å². The monoisotopic (exact) mass is 231 g/mol. The maximum atomic E-state index is 11.0.